The summed E-state index contributed by atoms with van der Waals surface area (Å²) in [6.45, 7) is 3.43. The number of imidazole rings is 1. The van der Waals surface area contributed by atoms with Gasteiger partial charge in [-0.3, -0.25) is 0 Å². The summed E-state index contributed by atoms with van der Waals surface area (Å²) >= 11 is 0. The zero-order chi connectivity index (χ0) is 16.7. The van der Waals surface area contributed by atoms with Gasteiger partial charge in [0, 0.05) is 25.0 Å². The van der Waals surface area contributed by atoms with Crippen molar-refractivity contribution in [1.29, 1.82) is 0 Å². The number of hydrogen-bond donors (Lipinski definition) is 2. The molecule has 2 amide bonds. The molecule has 2 N–H and O–H groups in total. The molecule has 132 valence electrons. The summed E-state index contributed by atoms with van der Waals surface area (Å²) in [5.74, 6) is 1.43. The van der Waals surface area contributed by atoms with Crippen LogP contribution in [0.2, 0.25) is 0 Å². The molecule has 0 aromatic carbocycles. The number of carbonyl (C=O) groups excluding carboxylic acids is 1. The molecule has 1 aromatic heterocycles. The summed E-state index contributed by atoms with van der Waals surface area (Å²) in [6, 6.07) is -0.506. The fourth-order valence-electron chi connectivity index (χ4n) is 5.45. The number of nitrogens with one attached hydrogen (secondary N) is 2. The fourth-order valence-corrected chi connectivity index (χ4v) is 5.45. The molecule has 4 bridgehead atoms. The van der Waals surface area contributed by atoms with Crippen molar-refractivity contribution in [2.24, 2.45) is 17.8 Å². The van der Waals surface area contributed by atoms with Crippen LogP contribution in [0.3, 0.4) is 0 Å². The summed E-state index contributed by atoms with van der Waals surface area (Å²) in [5.41, 5.74) is -0.0487. The van der Waals surface area contributed by atoms with Crippen LogP contribution in [-0.4, -0.2) is 33.8 Å². The number of amides is 2. The van der Waals surface area contributed by atoms with Crippen LogP contribution >= 0.6 is 0 Å². The predicted molar refractivity (Wildman–Crippen MR) is 89.3 cm³/mol. The van der Waals surface area contributed by atoms with E-state index in [0.29, 0.717) is 37.1 Å². The lowest BCUT2D eigenvalue weighted by Crippen LogP contribution is -2.65. The third kappa shape index (κ3) is 2.91. The second-order valence-electron chi connectivity index (χ2n) is 8.10. The van der Waals surface area contributed by atoms with E-state index in [0.717, 1.165) is 31.5 Å². The number of aromatic nitrogens is 2. The van der Waals surface area contributed by atoms with Gasteiger partial charge in [-0.15, -0.1) is 0 Å². The van der Waals surface area contributed by atoms with Gasteiger partial charge in [0.15, 0.2) is 0 Å². The SMILES string of the molecule is Cc1cncn1CCCNC(=O)NC1C2CC3CC(C2)CC1(F)C3. The summed E-state index contributed by atoms with van der Waals surface area (Å²) in [7, 11) is 0. The van der Waals surface area contributed by atoms with Crippen LogP contribution in [0.5, 0.6) is 0 Å². The number of hydrogen-bond acceptors (Lipinski definition) is 2. The summed E-state index contributed by atoms with van der Waals surface area (Å²) in [4.78, 5) is 16.3. The Hall–Kier alpha value is -1.59. The molecule has 5 rings (SSSR count). The molecule has 0 spiro atoms. The van der Waals surface area contributed by atoms with Gasteiger partial charge >= 0.3 is 6.03 Å². The van der Waals surface area contributed by atoms with Crippen LogP contribution in [0.4, 0.5) is 9.18 Å². The van der Waals surface area contributed by atoms with E-state index in [-0.39, 0.29) is 12.1 Å². The molecule has 4 aliphatic rings. The van der Waals surface area contributed by atoms with Crippen molar-refractivity contribution in [2.45, 2.75) is 63.7 Å². The molecule has 0 saturated heterocycles. The molecule has 3 unspecified atom stereocenters. The van der Waals surface area contributed by atoms with Gasteiger partial charge in [0.05, 0.1) is 12.4 Å². The Morgan fingerprint density at radius 3 is 2.75 bits per heavy atom. The number of alkyl halides is 1. The molecule has 6 heteroatoms. The molecule has 1 aromatic rings. The fraction of sp³-hybridized carbons (Fsp3) is 0.778. The minimum absolute atomic E-state index is 0.216. The highest BCUT2D eigenvalue weighted by Gasteiger charge is 2.58. The molecule has 0 radical (unpaired) electrons. The maximum Gasteiger partial charge on any atom is 0.315 e. The predicted octanol–water partition coefficient (Wildman–Crippen LogP) is 2.80. The zero-order valence-corrected chi connectivity index (χ0v) is 14.3. The molecule has 1 heterocycles. The van der Waals surface area contributed by atoms with Gasteiger partial charge in [-0.2, -0.15) is 0 Å². The minimum atomic E-state index is -1.17. The molecule has 4 aliphatic carbocycles. The van der Waals surface area contributed by atoms with E-state index < -0.39 is 5.67 Å². The van der Waals surface area contributed by atoms with Crippen molar-refractivity contribution in [3.63, 3.8) is 0 Å². The minimum Gasteiger partial charge on any atom is -0.338 e. The first-order chi connectivity index (χ1) is 11.5. The van der Waals surface area contributed by atoms with Crippen LogP contribution in [-0.2, 0) is 6.54 Å². The van der Waals surface area contributed by atoms with E-state index in [1.54, 1.807) is 6.33 Å². The van der Waals surface area contributed by atoms with Gasteiger partial charge < -0.3 is 15.2 Å². The van der Waals surface area contributed by atoms with Crippen LogP contribution in [0, 0.1) is 24.7 Å². The Kier molecular flexibility index (Phi) is 4.01. The van der Waals surface area contributed by atoms with Gasteiger partial charge in [-0.05, 0) is 63.2 Å². The van der Waals surface area contributed by atoms with E-state index >= 15 is 4.39 Å². The van der Waals surface area contributed by atoms with Gasteiger partial charge in [0.1, 0.15) is 5.67 Å². The van der Waals surface area contributed by atoms with Crippen LogP contribution < -0.4 is 10.6 Å². The molecule has 5 nitrogen and oxygen atoms in total. The first kappa shape index (κ1) is 15.9. The first-order valence-corrected chi connectivity index (χ1v) is 9.23. The monoisotopic (exact) mass is 334 g/mol. The van der Waals surface area contributed by atoms with Crippen LogP contribution in [0.25, 0.3) is 0 Å². The lowest BCUT2D eigenvalue weighted by Gasteiger charge is -2.57. The molecule has 0 aliphatic heterocycles. The Morgan fingerprint density at radius 1 is 1.38 bits per heavy atom. The van der Waals surface area contributed by atoms with Crippen molar-refractivity contribution >= 4 is 6.03 Å². The number of nitrogens with zero attached hydrogens (tertiary/aromatic N) is 2. The lowest BCUT2D eigenvalue weighted by molar-refractivity contribution is -0.0980. The number of aryl methyl sites for hydroxylation is 2. The highest BCUT2D eigenvalue weighted by molar-refractivity contribution is 5.74. The highest BCUT2D eigenvalue weighted by Crippen LogP contribution is 2.57. The third-order valence-corrected chi connectivity index (χ3v) is 6.29. The molecule has 4 fully saturated rings. The zero-order valence-electron chi connectivity index (χ0n) is 14.3. The summed E-state index contributed by atoms with van der Waals surface area (Å²) in [6.07, 6.45) is 9.14. The third-order valence-electron chi connectivity index (χ3n) is 6.29. The molecular weight excluding hydrogens is 307 g/mol. The second-order valence-corrected chi connectivity index (χ2v) is 8.10. The first-order valence-electron chi connectivity index (χ1n) is 9.23. The van der Waals surface area contributed by atoms with E-state index in [1.165, 1.54) is 6.42 Å². The quantitative estimate of drug-likeness (QED) is 0.814. The number of rotatable bonds is 5. The topological polar surface area (TPSA) is 59.0 Å². The molecule has 4 saturated carbocycles. The van der Waals surface area contributed by atoms with E-state index in [1.807, 2.05) is 13.1 Å². The average molecular weight is 334 g/mol. The Bertz CT molecular complexity index is 602. The average Bonchev–Trinajstić information content (AvgIpc) is 2.92. The van der Waals surface area contributed by atoms with Crippen LogP contribution in [0.15, 0.2) is 12.5 Å². The number of halogens is 1. The highest BCUT2D eigenvalue weighted by atomic mass is 19.1. The van der Waals surface area contributed by atoms with Crippen molar-refractivity contribution in [3.05, 3.63) is 18.2 Å². The molecule has 24 heavy (non-hydrogen) atoms. The maximum absolute atomic E-state index is 15.3. The van der Waals surface area contributed by atoms with Crippen molar-refractivity contribution in [2.75, 3.05) is 6.54 Å². The number of urea groups is 1. The summed E-state index contributed by atoms with van der Waals surface area (Å²) in [5, 5.41) is 5.85. The van der Waals surface area contributed by atoms with Crippen molar-refractivity contribution < 1.29 is 9.18 Å². The standard InChI is InChI=1S/C18H27FN4O/c1-12-10-20-11-23(12)4-2-3-21-17(24)22-16-15-6-13-5-14(7-15)9-18(16,19)8-13/h10-11,13-16H,2-9H2,1H3,(H2,21,22,24). The van der Waals surface area contributed by atoms with Crippen molar-refractivity contribution in [3.8, 4) is 0 Å². The summed E-state index contributed by atoms with van der Waals surface area (Å²) < 4.78 is 17.3. The lowest BCUT2D eigenvalue weighted by atomic mass is 9.53. The Labute approximate surface area is 142 Å². The largest absolute Gasteiger partial charge is 0.338 e. The Balaban J connectivity index is 1.25. The Morgan fingerprint density at radius 2 is 2.12 bits per heavy atom. The second kappa shape index (κ2) is 6.05. The molecular formula is C18H27FN4O. The smallest absolute Gasteiger partial charge is 0.315 e. The van der Waals surface area contributed by atoms with E-state index in [2.05, 4.69) is 20.2 Å². The van der Waals surface area contributed by atoms with Gasteiger partial charge in [-0.25, -0.2) is 14.2 Å². The van der Waals surface area contributed by atoms with Gasteiger partial charge in [0.25, 0.3) is 0 Å². The van der Waals surface area contributed by atoms with Crippen LogP contribution in [0.1, 0.15) is 44.2 Å². The molecule has 3 atom stereocenters. The van der Waals surface area contributed by atoms with E-state index in [4.69, 9.17) is 0 Å². The maximum atomic E-state index is 15.3. The van der Waals surface area contributed by atoms with Gasteiger partial charge in [0.2, 0.25) is 0 Å². The van der Waals surface area contributed by atoms with E-state index in [9.17, 15) is 4.79 Å². The van der Waals surface area contributed by atoms with Crippen molar-refractivity contribution in [1.82, 2.24) is 20.2 Å². The normalized spacial score (nSPS) is 36.8. The van der Waals surface area contributed by atoms with Gasteiger partial charge in [-0.1, -0.05) is 0 Å². The number of carbonyl (C=O) groups is 1.